The van der Waals surface area contributed by atoms with E-state index < -0.39 is 0 Å². The van der Waals surface area contributed by atoms with Gasteiger partial charge in [0.05, 0.1) is 0 Å². The molecule has 0 aromatic heterocycles. The molecule has 2 amide bonds. The van der Waals surface area contributed by atoms with Gasteiger partial charge in [0.15, 0.2) is 0 Å². The monoisotopic (exact) mass is 278 g/mol. The molecule has 0 radical (unpaired) electrons. The number of hydrogen-bond acceptors (Lipinski definition) is 3. The SMILES string of the molecule is CCc1cccc(NC(=O)CCN2CCSC2=O)c1. The van der Waals surface area contributed by atoms with Gasteiger partial charge in [-0.1, -0.05) is 30.8 Å². The van der Waals surface area contributed by atoms with E-state index in [1.165, 1.54) is 17.3 Å². The quantitative estimate of drug-likeness (QED) is 0.901. The zero-order valence-corrected chi connectivity index (χ0v) is 11.8. The van der Waals surface area contributed by atoms with Gasteiger partial charge in [-0.05, 0) is 24.1 Å². The Morgan fingerprint density at radius 1 is 1.47 bits per heavy atom. The first-order valence-corrected chi connectivity index (χ1v) is 7.48. The number of nitrogens with one attached hydrogen (secondary N) is 1. The highest BCUT2D eigenvalue weighted by atomic mass is 32.2. The van der Waals surface area contributed by atoms with Crippen LogP contribution in [-0.4, -0.2) is 34.9 Å². The van der Waals surface area contributed by atoms with E-state index in [1.807, 2.05) is 24.3 Å². The lowest BCUT2D eigenvalue weighted by atomic mass is 10.1. The summed E-state index contributed by atoms with van der Waals surface area (Å²) in [6.07, 6.45) is 1.30. The van der Waals surface area contributed by atoms with Crippen molar-refractivity contribution in [2.24, 2.45) is 0 Å². The summed E-state index contributed by atoms with van der Waals surface area (Å²) in [6.45, 7) is 3.34. The largest absolute Gasteiger partial charge is 0.332 e. The fraction of sp³-hybridized carbons (Fsp3) is 0.429. The molecule has 0 saturated carbocycles. The molecule has 1 fully saturated rings. The Hall–Kier alpha value is -1.49. The zero-order chi connectivity index (χ0) is 13.7. The molecule has 2 rings (SSSR count). The predicted molar refractivity (Wildman–Crippen MR) is 78.5 cm³/mol. The van der Waals surface area contributed by atoms with E-state index in [0.29, 0.717) is 13.0 Å². The minimum Gasteiger partial charge on any atom is -0.332 e. The van der Waals surface area contributed by atoms with Crippen molar-refractivity contribution in [2.75, 3.05) is 24.2 Å². The van der Waals surface area contributed by atoms with Crippen molar-refractivity contribution in [1.82, 2.24) is 4.90 Å². The predicted octanol–water partition coefficient (Wildman–Crippen LogP) is 2.75. The van der Waals surface area contributed by atoms with Gasteiger partial charge in [-0.15, -0.1) is 0 Å². The minimum atomic E-state index is -0.0436. The Labute approximate surface area is 117 Å². The van der Waals surface area contributed by atoms with Crippen molar-refractivity contribution in [1.29, 1.82) is 0 Å². The molecule has 102 valence electrons. The van der Waals surface area contributed by atoms with Crippen molar-refractivity contribution in [2.45, 2.75) is 19.8 Å². The standard InChI is InChI=1S/C14H18N2O2S/c1-2-11-4-3-5-12(10-11)15-13(17)6-7-16-8-9-19-14(16)18/h3-5,10H,2,6-9H2,1H3,(H,15,17). The van der Waals surface area contributed by atoms with Crippen LogP contribution in [-0.2, 0) is 11.2 Å². The normalized spacial score (nSPS) is 14.8. The third kappa shape index (κ3) is 3.99. The molecule has 19 heavy (non-hydrogen) atoms. The van der Waals surface area contributed by atoms with Crippen molar-refractivity contribution in [3.63, 3.8) is 0 Å². The lowest BCUT2D eigenvalue weighted by Crippen LogP contribution is -2.27. The number of nitrogens with zero attached hydrogens (tertiary/aromatic N) is 1. The second-order valence-electron chi connectivity index (χ2n) is 4.45. The van der Waals surface area contributed by atoms with E-state index in [-0.39, 0.29) is 11.1 Å². The van der Waals surface area contributed by atoms with Crippen molar-refractivity contribution in [3.05, 3.63) is 29.8 Å². The molecule has 1 aliphatic heterocycles. The molecule has 0 aliphatic carbocycles. The summed E-state index contributed by atoms with van der Waals surface area (Å²) in [5.74, 6) is 0.789. The van der Waals surface area contributed by atoms with Crippen LogP contribution in [0.25, 0.3) is 0 Å². The van der Waals surface area contributed by atoms with Gasteiger partial charge in [-0.3, -0.25) is 9.59 Å². The maximum absolute atomic E-state index is 11.8. The molecule has 1 N–H and O–H groups in total. The molecular weight excluding hydrogens is 260 g/mol. The topological polar surface area (TPSA) is 49.4 Å². The van der Waals surface area contributed by atoms with Crippen LogP contribution in [0, 0.1) is 0 Å². The number of rotatable bonds is 5. The van der Waals surface area contributed by atoms with Crippen LogP contribution in [0.5, 0.6) is 0 Å². The molecule has 1 aromatic carbocycles. The van der Waals surface area contributed by atoms with Crippen LogP contribution in [0.15, 0.2) is 24.3 Å². The minimum absolute atomic E-state index is 0.0436. The maximum atomic E-state index is 11.8. The van der Waals surface area contributed by atoms with E-state index in [2.05, 4.69) is 12.2 Å². The molecule has 0 atom stereocenters. The average molecular weight is 278 g/mol. The van der Waals surface area contributed by atoms with Crippen LogP contribution in [0.1, 0.15) is 18.9 Å². The number of amides is 2. The highest BCUT2D eigenvalue weighted by molar-refractivity contribution is 8.13. The fourth-order valence-corrected chi connectivity index (χ4v) is 2.81. The van der Waals surface area contributed by atoms with E-state index >= 15 is 0 Å². The molecule has 1 heterocycles. The molecule has 4 nitrogen and oxygen atoms in total. The Morgan fingerprint density at radius 2 is 2.32 bits per heavy atom. The molecule has 0 bridgehead atoms. The summed E-state index contributed by atoms with van der Waals surface area (Å²) in [6, 6.07) is 7.84. The van der Waals surface area contributed by atoms with E-state index in [4.69, 9.17) is 0 Å². The van der Waals surface area contributed by atoms with Gasteiger partial charge >= 0.3 is 0 Å². The van der Waals surface area contributed by atoms with Gasteiger partial charge in [0.2, 0.25) is 5.91 Å². The van der Waals surface area contributed by atoms with Gasteiger partial charge in [-0.25, -0.2) is 0 Å². The maximum Gasteiger partial charge on any atom is 0.281 e. The number of carbonyl (C=O) groups is 2. The van der Waals surface area contributed by atoms with Crippen LogP contribution < -0.4 is 5.32 Å². The molecular formula is C14H18N2O2S. The van der Waals surface area contributed by atoms with Crippen molar-refractivity contribution >= 4 is 28.6 Å². The number of anilines is 1. The Morgan fingerprint density at radius 3 is 3.00 bits per heavy atom. The van der Waals surface area contributed by atoms with E-state index in [1.54, 1.807) is 4.90 Å². The summed E-state index contributed by atoms with van der Waals surface area (Å²) >= 11 is 1.32. The number of carbonyl (C=O) groups excluding carboxylic acids is 2. The second kappa shape index (κ2) is 6.61. The van der Waals surface area contributed by atoms with Crippen LogP contribution >= 0.6 is 11.8 Å². The summed E-state index contributed by atoms with van der Waals surface area (Å²) in [5.41, 5.74) is 2.02. The Kier molecular flexibility index (Phi) is 4.85. The molecule has 1 aromatic rings. The van der Waals surface area contributed by atoms with Crippen LogP contribution in [0.4, 0.5) is 10.5 Å². The molecule has 5 heteroatoms. The third-order valence-electron chi connectivity index (χ3n) is 3.07. The second-order valence-corrected chi connectivity index (χ2v) is 5.50. The molecule has 1 saturated heterocycles. The summed E-state index contributed by atoms with van der Waals surface area (Å²) in [5, 5.41) is 2.96. The van der Waals surface area contributed by atoms with Crippen LogP contribution in [0.3, 0.4) is 0 Å². The Bertz CT molecular complexity index is 476. The van der Waals surface area contributed by atoms with Gasteiger partial charge in [0.25, 0.3) is 5.24 Å². The Balaban J connectivity index is 1.82. The molecule has 0 unspecified atom stereocenters. The molecule has 1 aliphatic rings. The van der Waals surface area contributed by atoms with Gasteiger partial charge in [0.1, 0.15) is 0 Å². The lowest BCUT2D eigenvalue weighted by Gasteiger charge is -2.14. The summed E-state index contributed by atoms with van der Waals surface area (Å²) < 4.78 is 0. The highest BCUT2D eigenvalue weighted by Gasteiger charge is 2.21. The van der Waals surface area contributed by atoms with Gasteiger partial charge < -0.3 is 10.2 Å². The number of benzene rings is 1. The van der Waals surface area contributed by atoms with Gasteiger partial charge in [0, 0.05) is 31.0 Å². The van der Waals surface area contributed by atoms with Crippen molar-refractivity contribution < 1.29 is 9.59 Å². The third-order valence-corrected chi connectivity index (χ3v) is 3.96. The first-order valence-electron chi connectivity index (χ1n) is 6.49. The van der Waals surface area contributed by atoms with E-state index in [9.17, 15) is 9.59 Å². The number of hydrogen-bond donors (Lipinski definition) is 1. The first kappa shape index (κ1) is 13.9. The highest BCUT2D eigenvalue weighted by Crippen LogP contribution is 2.17. The van der Waals surface area contributed by atoms with Gasteiger partial charge in [-0.2, -0.15) is 0 Å². The average Bonchev–Trinajstić information content (AvgIpc) is 2.82. The fourth-order valence-electron chi connectivity index (χ4n) is 1.96. The number of thioether (sulfide) groups is 1. The van der Waals surface area contributed by atoms with Crippen molar-refractivity contribution in [3.8, 4) is 0 Å². The smallest absolute Gasteiger partial charge is 0.281 e. The molecule has 0 spiro atoms. The lowest BCUT2D eigenvalue weighted by molar-refractivity contribution is -0.116. The van der Waals surface area contributed by atoms with Crippen LogP contribution in [0.2, 0.25) is 0 Å². The summed E-state index contributed by atoms with van der Waals surface area (Å²) in [4.78, 5) is 24.9. The zero-order valence-electron chi connectivity index (χ0n) is 11.0. The first-order chi connectivity index (χ1) is 9.19. The van der Waals surface area contributed by atoms with E-state index in [0.717, 1.165) is 24.4 Å². The summed E-state index contributed by atoms with van der Waals surface area (Å²) in [7, 11) is 0. The number of aryl methyl sites for hydroxylation is 1.